The average Bonchev–Trinajstić information content (AvgIpc) is 2.45. The molecule has 0 aromatic carbocycles. The molecule has 0 aliphatic carbocycles. The number of rotatable bonds is 9. The van der Waals surface area contributed by atoms with Gasteiger partial charge in [0.25, 0.3) is 0 Å². The normalized spacial score (nSPS) is 12.7. The van der Waals surface area contributed by atoms with Crippen LogP contribution in [-0.4, -0.2) is 59.8 Å². The number of esters is 2. The van der Waals surface area contributed by atoms with E-state index in [0.717, 1.165) is 0 Å². The molecule has 1 atom stereocenters. The van der Waals surface area contributed by atoms with Crippen LogP contribution in [0.2, 0.25) is 0 Å². The molecule has 0 rings (SSSR count). The average molecular weight is 290 g/mol. The minimum atomic E-state index is -1.39. The highest BCUT2D eigenvalue weighted by atomic mass is 16.6. The fraction of sp³-hybridized carbons (Fsp3) is 0.692. The van der Waals surface area contributed by atoms with Crippen molar-refractivity contribution in [3.05, 3.63) is 12.2 Å². The summed E-state index contributed by atoms with van der Waals surface area (Å²) < 4.78 is 9.72. The van der Waals surface area contributed by atoms with Gasteiger partial charge in [-0.2, -0.15) is 0 Å². The zero-order chi connectivity index (χ0) is 15.8. The van der Waals surface area contributed by atoms with Crippen LogP contribution in [0, 0.1) is 5.41 Å². The van der Waals surface area contributed by atoms with E-state index in [1.54, 1.807) is 6.92 Å². The monoisotopic (exact) mass is 290 g/mol. The summed E-state index contributed by atoms with van der Waals surface area (Å²) in [5, 5.41) is 27.4. The fourth-order valence-electron chi connectivity index (χ4n) is 1.24. The molecule has 116 valence electrons. The van der Waals surface area contributed by atoms with E-state index in [-0.39, 0.29) is 18.6 Å². The van der Waals surface area contributed by atoms with Crippen molar-refractivity contribution in [1.29, 1.82) is 0 Å². The van der Waals surface area contributed by atoms with Crippen molar-refractivity contribution < 1.29 is 34.4 Å². The van der Waals surface area contributed by atoms with Crippen LogP contribution in [0.4, 0.5) is 0 Å². The minimum absolute atomic E-state index is 0.156. The van der Waals surface area contributed by atoms with Crippen LogP contribution in [0.25, 0.3) is 0 Å². The van der Waals surface area contributed by atoms with Gasteiger partial charge in [-0.3, -0.25) is 4.79 Å². The third-order valence-corrected chi connectivity index (χ3v) is 2.94. The maximum Gasteiger partial charge on any atom is 0.333 e. The van der Waals surface area contributed by atoms with Gasteiger partial charge < -0.3 is 24.8 Å². The number of carbonyl (C=O) groups excluding carboxylic acids is 2. The lowest BCUT2D eigenvalue weighted by Crippen LogP contribution is -2.41. The predicted molar refractivity (Wildman–Crippen MR) is 69.6 cm³/mol. The maximum absolute atomic E-state index is 11.8. The lowest BCUT2D eigenvalue weighted by atomic mass is 9.87. The number of ether oxygens (including phenoxy) is 2. The zero-order valence-electron chi connectivity index (χ0n) is 11.8. The van der Waals surface area contributed by atoms with Gasteiger partial charge in [-0.1, -0.05) is 13.5 Å². The van der Waals surface area contributed by atoms with Gasteiger partial charge in [-0.15, -0.1) is 0 Å². The van der Waals surface area contributed by atoms with Gasteiger partial charge in [0.2, 0.25) is 0 Å². The molecule has 0 aliphatic rings. The summed E-state index contributed by atoms with van der Waals surface area (Å²) in [6, 6.07) is 0. The van der Waals surface area contributed by atoms with Crippen molar-refractivity contribution >= 4 is 11.9 Å². The van der Waals surface area contributed by atoms with Gasteiger partial charge in [-0.25, -0.2) is 4.79 Å². The molecule has 0 aromatic rings. The summed E-state index contributed by atoms with van der Waals surface area (Å²) in [5.74, 6) is -1.51. The first kappa shape index (κ1) is 18.6. The number of carbonyl (C=O) groups is 2. The second kappa shape index (κ2) is 8.68. The largest absolute Gasteiger partial charge is 0.461 e. The van der Waals surface area contributed by atoms with Gasteiger partial charge in [0.15, 0.2) is 6.10 Å². The molecule has 0 fully saturated rings. The van der Waals surface area contributed by atoms with Crippen molar-refractivity contribution in [2.24, 2.45) is 5.41 Å². The van der Waals surface area contributed by atoms with Crippen molar-refractivity contribution in [2.45, 2.75) is 26.4 Å². The van der Waals surface area contributed by atoms with Crippen LogP contribution in [0.1, 0.15) is 20.3 Å². The van der Waals surface area contributed by atoms with Crippen molar-refractivity contribution in [3.8, 4) is 0 Å². The summed E-state index contributed by atoms with van der Waals surface area (Å²) in [7, 11) is 0. The molecule has 0 saturated carbocycles. The lowest BCUT2D eigenvalue weighted by molar-refractivity contribution is -0.170. The molecule has 0 bridgehead atoms. The van der Waals surface area contributed by atoms with E-state index in [0.29, 0.717) is 0 Å². The van der Waals surface area contributed by atoms with Crippen LogP contribution >= 0.6 is 0 Å². The van der Waals surface area contributed by atoms with E-state index in [9.17, 15) is 19.8 Å². The standard InChI is InChI=1S/C13H22O7/c1-4-13(7-15,8-16)12(18)19-6-10(5-14)20-11(17)9(2)3/h10,14-16H,2,4-8H2,1,3H3. The van der Waals surface area contributed by atoms with Gasteiger partial charge >= 0.3 is 11.9 Å². The van der Waals surface area contributed by atoms with Crippen molar-refractivity contribution in [3.63, 3.8) is 0 Å². The first-order valence-corrected chi connectivity index (χ1v) is 6.23. The van der Waals surface area contributed by atoms with Gasteiger partial charge in [-0.05, 0) is 13.3 Å². The van der Waals surface area contributed by atoms with Gasteiger partial charge in [0.1, 0.15) is 12.0 Å². The predicted octanol–water partition coefficient (Wildman–Crippen LogP) is -0.609. The minimum Gasteiger partial charge on any atom is -0.461 e. The van der Waals surface area contributed by atoms with E-state index >= 15 is 0 Å². The van der Waals surface area contributed by atoms with Crippen LogP contribution in [0.3, 0.4) is 0 Å². The zero-order valence-corrected chi connectivity index (χ0v) is 11.8. The Morgan fingerprint density at radius 1 is 1.25 bits per heavy atom. The van der Waals surface area contributed by atoms with E-state index in [1.807, 2.05) is 0 Å². The Kier molecular flexibility index (Phi) is 8.05. The van der Waals surface area contributed by atoms with E-state index in [1.165, 1.54) is 6.92 Å². The molecule has 0 aliphatic heterocycles. The second-order valence-electron chi connectivity index (χ2n) is 4.54. The second-order valence-corrected chi connectivity index (χ2v) is 4.54. The molecule has 0 amide bonds. The highest BCUT2D eigenvalue weighted by molar-refractivity contribution is 5.87. The molecule has 1 unspecified atom stereocenters. The van der Waals surface area contributed by atoms with E-state index < -0.39 is 43.3 Å². The summed E-state index contributed by atoms with van der Waals surface area (Å²) in [6.07, 6.45) is -0.830. The van der Waals surface area contributed by atoms with E-state index in [4.69, 9.17) is 14.6 Å². The fourth-order valence-corrected chi connectivity index (χ4v) is 1.24. The Bertz CT molecular complexity index is 338. The summed E-state index contributed by atoms with van der Waals surface area (Å²) in [4.78, 5) is 23.1. The van der Waals surface area contributed by atoms with Gasteiger partial charge in [0, 0.05) is 5.57 Å². The first-order valence-electron chi connectivity index (χ1n) is 6.23. The SMILES string of the molecule is C=C(C)C(=O)OC(CO)COC(=O)C(CC)(CO)CO. The molecule has 0 radical (unpaired) electrons. The third-order valence-electron chi connectivity index (χ3n) is 2.94. The van der Waals surface area contributed by atoms with Crippen molar-refractivity contribution in [1.82, 2.24) is 0 Å². The van der Waals surface area contributed by atoms with Crippen LogP contribution in [-0.2, 0) is 19.1 Å². The highest BCUT2D eigenvalue weighted by Gasteiger charge is 2.37. The quantitative estimate of drug-likeness (QED) is 0.383. The molecule has 0 spiro atoms. The number of hydrogen-bond acceptors (Lipinski definition) is 7. The topological polar surface area (TPSA) is 113 Å². The van der Waals surface area contributed by atoms with Crippen LogP contribution < -0.4 is 0 Å². The Morgan fingerprint density at radius 3 is 2.15 bits per heavy atom. The Balaban J connectivity index is 4.53. The third kappa shape index (κ3) is 4.92. The Hall–Kier alpha value is -1.44. The molecule has 7 nitrogen and oxygen atoms in total. The molecular formula is C13H22O7. The lowest BCUT2D eigenvalue weighted by Gasteiger charge is -2.26. The van der Waals surface area contributed by atoms with E-state index in [2.05, 4.69) is 6.58 Å². The van der Waals surface area contributed by atoms with Gasteiger partial charge in [0.05, 0.1) is 19.8 Å². The number of aliphatic hydroxyl groups is 3. The Labute approximate surface area is 117 Å². The summed E-state index contributed by atoms with van der Waals surface area (Å²) >= 11 is 0. The molecular weight excluding hydrogens is 268 g/mol. The first-order chi connectivity index (χ1) is 9.36. The van der Waals surface area contributed by atoms with Crippen molar-refractivity contribution in [2.75, 3.05) is 26.4 Å². The van der Waals surface area contributed by atoms with Crippen LogP contribution in [0.15, 0.2) is 12.2 Å². The highest BCUT2D eigenvalue weighted by Crippen LogP contribution is 2.22. The summed E-state index contributed by atoms with van der Waals surface area (Å²) in [6.45, 7) is 4.45. The molecule has 0 aromatic heterocycles. The molecule has 3 N–H and O–H groups in total. The molecule has 20 heavy (non-hydrogen) atoms. The number of aliphatic hydroxyl groups excluding tert-OH is 3. The molecule has 0 heterocycles. The maximum atomic E-state index is 11.8. The Morgan fingerprint density at radius 2 is 1.80 bits per heavy atom. The smallest absolute Gasteiger partial charge is 0.333 e. The number of hydrogen-bond donors (Lipinski definition) is 3. The molecule has 7 heteroatoms. The van der Waals surface area contributed by atoms with Crippen LogP contribution in [0.5, 0.6) is 0 Å². The summed E-state index contributed by atoms with van der Waals surface area (Å²) in [5.41, 5.74) is -1.23. The molecule has 0 saturated heterocycles.